The molecule has 1 saturated carbocycles. The second-order valence-corrected chi connectivity index (χ2v) is 5.90. The predicted molar refractivity (Wildman–Crippen MR) is 87.2 cm³/mol. The molecule has 3 aromatic rings. The molecule has 128 valence electrons. The lowest BCUT2D eigenvalue weighted by Gasteiger charge is -2.13. The molecule has 0 saturated heterocycles. The van der Waals surface area contributed by atoms with Gasteiger partial charge in [0.15, 0.2) is 0 Å². The highest BCUT2D eigenvalue weighted by molar-refractivity contribution is 5.67. The second kappa shape index (κ2) is 6.46. The van der Waals surface area contributed by atoms with Crippen molar-refractivity contribution in [2.24, 2.45) is 0 Å². The number of alkyl halides is 1. The summed E-state index contributed by atoms with van der Waals surface area (Å²) in [5, 5.41) is 18.2. The van der Waals surface area contributed by atoms with Gasteiger partial charge in [-0.1, -0.05) is 5.10 Å². The molecule has 0 spiro atoms. The number of hydrogen-bond donors (Lipinski definition) is 1. The van der Waals surface area contributed by atoms with Crippen molar-refractivity contribution in [3.8, 4) is 28.7 Å². The minimum absolute atomic E-state index is 0.0489. The van der Waals surface area contributed by atoms with Crippen molar-refractivity contribution in [2.45, 2.75) is 31.5 Å². The molecule has 0 amide bonds. The summed E-state index contributed by atoms with van der Waals surface area (Å²) in [5.41, 5.74) is 1.68. The first kappa shape index (κ1) is 15.5. The van der Waals surface area contributed by atoms with Gasteiger partial charge in [0, 0.05) is 24.0 Å². The molecule has 2 atom stereocenters. The number of imidazole rings is 1. The van der Waals surface area contributed by atoms with E-state index in [1.54, 1.807) is 35.4 Å². The monoisotopic (exact) mass is 341 g/mol. The van der Waals surface area contributed by atoms with Crippen molar-refractivity contribution < 1.29 is 14.2 Å². The average molecular weight is 341 g/mol. The van der Waals surface area contributed by atoms with Crippen LogP contribution in [0.5, 0.6) is 11.8 Å². The molecule has 1 N–H and O–H groups in total. The molecule has 4 rings (SSSR count). The third-order valence-corrected chi connectivity index (χ3v) is 4.23. The number of phenols is 1. The number of phenolic OH excluding ortho intramolecular Hbond substituents is 1. The lowest BCUT2D eigenvalue weighted by Crippen LogP contribution is -2.23. The van der Waals surface area contributed by atoms with Crippen LogP contribution in [-0.4, -0.2) is 42.1 Å². The van der Waals surface area contributed by atoms with Crippen molar-refractivity contribution >= 4 is 0 Å². The summed E-state index contributed by atoms with van der Waals surface area (Å²) in [6, 6.07) is 5.21. The Balaban J connectivity index is 1.53. The van der Waals surface area contributed by atoms with E-state index < -0.39 is 12.3 Å². The van der Waals surface area contributed by atoms with E-state index in [0.29, 0.717) is 24.1 Å². The van der Waals surface area contributed by atoms with Gasteiger partial charge in [0.2, 0.25) is 0 Å². The van der Waals surface area contributed by atoms with E-state index in [9.17, 15) is 9.50 Å². The van der Waals surface area contributed by atoms with Crippen LogP contribution < -0.4 is 4.74 Å². The zero-order chi connectivity index (χ0) is 17.2. The van der Waals surface area contributed by atoms with Crippen LogP contribution in [0.25, 0.3) is 16.9 Å². The maximum atomic E-state index is 13.6. The SMILES string of the molecule is Oc1cc(-n2ccnc2)ccc1-c1cnc(O[C@H]2CCC[C@H]2F)nn1. The first-order valence-corrected chi connectivity index (χ1v) is 8.03. The first-order chi connectivity index (χ1) is 12.2. The molecular weight excluding hydrogens is 325 g/mol. The third-order valence-electron chi connectivity index (χ3n) is 4.23. The summed E-state index contributed by atoms with van der Waals surface area (Å²) in [5.74, 6) is 0.0515. The molecule has 8 heteroatoms. The molecule has 1 aliphatic rings. The molecule has 7 nitrogen and oxygen atoms in total. The van der Waals surface area contributed by atoms with Gasteiger partial charge in [-0.05, 0) is 31.4 Å². The Morgan fingerprint density at radius 3 is 2.80 bits per heavy atom. The number of rotatable bonds is 4. The van der Waals surface area contributed by atoms with Crippen LogP contribution in [0, 0.1) is 0 Å². The Morgan fingerprint density at radius 1 is 1.24 bits per heavy atom. The Bertz CT molecular complexity index is 854. The summed E-state index contributed by atoms with van der Waals surface area (Å²) in [4.78, 5) is 8.05. The van der Waals surface area contributed by atoms with Crippen LogP contribution in [0.2, 0.25) is 0 Å². The van der Waals surface area contributed by atoms with E-state index in [4.69, 9.17) is 4.74 Å². The second-order valence-electron chi connectivity index (χ2n) is 5.90. The average Bonchev–Trinajstić information content (AvgIpc) is 3.28. The molecule has 0 bridgehead atoms. The highest BCUT2D eigenvalue weighted by Gasteiger charge is 2.29. The summed E-state index contributed by atoms with van der Waals surface area (Å²) in [6.45, 7) is 0. The quantitative estimate of drug-likeness (QED) is 0.785. The molecule has 1 aliphatic carbocycles. The minimum Gasteiger partial charge on any atom is -0.507 e. The Morgan fingerprint density at radius 2 is 2.16 bits per heavy atom. The van der Waals surface area contributed by atoms with Gasteiger partial charge in [0.1, 0.15) is 23.7 Å². The van der Waals surface area contributed by atoms with Crippen molar-refractivity contribution in [3.63, 3.8) is 0 Å². The fourth-order valence-electron chi connectivity index (χ4n) is 2.90. The fourth-order valence-corrected chi connectivity index (χ4v) is 2.90. The van der Waals surface area contributed by atoms with E-state index in [0.717, 1.165) is 12.1 Å². The lowest BCUT2D eigenvalue weighted by atomic mass is 10.1. The summed E-state index contributed by atoms with van der Waals surface area (Å²) < 4.78 is 20.8. The van der Waals surface area contributed by atoms with E-state index in [1.165, 1.54) is 6.20 Å². The summed E-state index contributed by atoms with van der Waals surface area (Å²) >= 11 is 0. The van der Waals surface area contributed by atoms with Gasteiger partial charge in [-0.15, -0.1) is 5.10 Å². The van der Waals surface area contributed by atoms with Crippen LogP contribution in [0.3, 0.4) is 0 Å². The third kappa shape index (κ3) is 3.15. The van der Waals surface area contributed by atoms with Crippen LogP contribution in [0.15, 0.2) is 43.1 Å². The van der Waals surface area contributed by atoms with Crippen LogP contribution in [0.4, 0.5) is 4.39 Å². The highest BCUT2D eigenvalue weighted by atomic mass is 19.1. The van der Waals surface area contributed by atoms with Gasteiger partial charge < -0.3 is 14.4 Å². The molecule has 0 unspecified atom stereocenters. The van der Waals surface area contributed by atoms with E-state index in [2.05, 4.69) is 20.2 Å². The highest BCUT2D eigenvalue weighted by Crippen LogP contribution is 2.30. The molecule has 25 heavy (non-hydrogen) atoms. The van der Waals surface area contributed by atoms with Crippen LogP contribution >= 0.6 is 0 Å². The van der Waals surface area contributed by atoms with Gasteiger partial charge in [-0.2, -0.15) is 0 Å². The number of halogens is 1. The largest absolute Gasteiger partial charge is 0.507 e. The summed E-state index contributed by atoms with van der Waals surface area (Å²) in [6.07, 6.45) is 7.01. The van der Waals surface area contributed by atoms with Gasteiger partial charge in [-0.25, -0.2) is 14.4 Å². The van der Waals surface area contributed by atoms with E-state index >= 15 is 0 Å². The first-order valence-electron chi connectivity index (χ1n) is 8.03. The molecule has 2 heterocycles. The molecule has 1 aromatic carbocycles. The van der Waals surface area contributed by atoms with Crippen LogP contribution in [-0.2, 0) is 0 Å². The topological polar surface area (TPSA) is 86.0 Å². The van der Waals surface area contributed by atoms with Gasteiger partial charge in [0.25, 0.3) is 0 Å². The van der Waals surface area contributed by atoms with Crippen molar-refractivity contribution in [2.75, 3.05) is 0 Å². The zero-order valence-electron chi connectivity index (χ0n) is 13.3. The normalized spacial score (nSPS) is 19.9. The van der Waals surface area contributed by atoms with Crippen LogP contribution in [0.1, 0.15) is 19.3 Å². The zero-order valence-corrected chi connectivity index (χ0v) is 13.3. The van der Waals surface area contributed by atoms with Gasteiger partial charge >= 0.3 is 6.01 Å². The molecular formula is C17H16FN5O2. The Labute approximate surface area is 143 Å². The lowest BCUT2D eigenvalue weighted by molar-refractivity contribution is 0.113. The van der Waals surface area contributed by atoms with Crippen molar-refractivity contribution in [1.82, 2.24) is 24.7 Å². The maximum absolute atomic E-state index is 13.6. The van der Waals surface area contributed by atoms with E-state index in [1.807, 2.05) is 6.07 Å². The number of benzene rings is 1. The van der Waals surface area contributed by atoms with E-state index in [-0.39, 0.29) is 11.8 Å². The minimum atomic E-state index is -0.983. The van der Waals surface area contributed by atoms with Crippen molar-refractivity contribution in [1.29, 1.82) is 0 Å². The molecule has 2 aromatic heterocycles. The standard InChI is InChI=1S/C17H16FN5O2/c18-13-2-1-3-16(13)25-17-20-9-14(21-22-17)12-5-4-11(8-15(12)24)23-7-6-19-10-23/h4-10,13,16,24H,1-3H2/t13-,16+/m1/s1. The van der Waals surface area contributed by atoms with Gasteiger partial charge in [0.05, 0.1) is 18.2 Å². The molecule has 1 fully saturated rings. The number of aromatic hydroxyl groups is 1. The van der Waals surface area contributed by atoms with Gasteiger partial charge in [-0.3, -0.25) is 0 Å². The molecule has 0 radical (unpaired) electrons. The number of ether oxygens (including phenoxy) is 1. The maximum Gasteiger partial charge on any atom is 0.336 e. The molecule has 0 aliphatic heterocycles. The number of nitrogens with zero attached hydrogens (tertiary/aromatic N) is 5. The predicted octanol–water partition coefficient (Wildman–Crippen LogP) is 2.70. The number of hydrogen-bond acceptors (Lipinski definition) is 6. The smallest absolute Gasteiger partial charge is 0.336 e. The Kier molecular flexibility index (Phi) is 4.01. The Hall–Kier alpha value is -3.03. The number of aromatic nitrogens is 5. The summed E-state index contributed by atoms with van der Waals surface area (Å²) in [7, 11) is 0. The fraction of sp³-hybridized carbons (Fsp3) is 0.294. The van der Waals surface area contributed by atoms with Crippen molar-refractivity contribution in [3.05, 3.63) is 43.1 Å².